The van der Waals surface area contributed by atoms with Gasteiger partial charge in [0.25, 0.3) is 0 Å². The first-order valence-corrected chi connectivity index (χ1v) is 5.76. The topological polar surface area (TPSA) is 17.1 Å². The molecule has 0 saturated heterocycles. The molecule has 2 aromatic rings. The average Bonchev–Trinajstić information content (AvgIpc) is 2.39. The highest BCUT2D eigenvalue weighted by Gasteiger charge is 2.03. The summed E-state index contributed by atoms with van der Waals surface area (Å²) in [5.41, 5.74) is 1.88. The van der Waals surface area contributed by atoms with Gasteiger partial charge in [0.15, 0.2) is 6.29 Å². The van der Waals surface area contributed by atoms with Gasteiger partial charge in [-0.3, -0.25) is 4.79 Å². The Morgan fingerprint density at radius 1 is 1.06 bits per heavy atom. The number of carbonyl (C=O) groups excluding carboxylic acids is 1. The second kappa shape index (κ2) is 5.61. The maximum absolute atomic E-state index is 12.8. The predicted octanol–water partition coefficient (Wildman–Crippen LogP) is 4.22. The zero-order chi connectivity index (χ0) is 13.0. The second-order valence-electron chi connectivity index (χ2n) is 3.75. The van der Waals surface area contributed by atoms with E-state index in [1.807, 2.05) is 18.2 Å². The van der Waals surface area contributed by atoms with Crippen molar-refractivity contribution in [3.8, 4) is 0 Å². The first-order chi connectivity index (χ1) is 8.70. The number of hydrogen-bond acceptors (Lipinski definition) is 1. The SMILES string of the molecule is O=C/C(=C\c1ccccc1Cl)c1ccc(F)cc1. The quantitative estimate of drug-likeness (QED) is 0.459. The molecule has 3 heteroatoms. The summed E-state index contributed by atoms with van der Waals surface area (Å²) in [6.45, 7) is 0. The molecule has 0 heterocycles. The molecule has 90 valence electrons. The molecule has 0 fully saturated rings. The highest BCUT2D eigenvalue weighted by atomic mass is 35.5. The van der Waals surface area contributed by atoms with Crippen molar-refractivity contribution in [3.05, 3.63) is 70.5 Å². The van der Waals surface area contributed by atoms with Gasteiger partial charge >= 0.3 is 0 Å². The third kappa shape index (κ3) is 2.84. The van der Waals surface area contributed by atoms with Crippen LogP contribution >= 0.6 is 11.6 Å². The van der Waals surface area contributed by atoms with E-state index >= 15 is 0 Å². The molecule has 0 amide bonds. The minimum atomic E-state index is -0.332. The molecule has 1 nitrogen and oxygen atoms in total. The fourth-order valence-electron chi connectivity index (χ4n) is 1.59. The number of allylic oxidation sites excluding steroid dienone is 1. The summed E-state index contributed by atoms with van der Waals surface area (Å²) in [7, 11) is 0. The van der Waals surface area contributed by atoms with Gasteiger partial charge in [-0.2, -0.15) is 0 Å². The van der Waals surface area contributed by atoms with Gasteiger partial charge < -0.3 is 0 Å². The fraction of sp³-hybridized carbons (Fsp3) is 0. The first-order valence-electron chi connectivity index (χ1n) is 5.38. The number of carbonyl (C=O) groups is 1. The van der Waals surface area contributed by atoms with Crippen molar-refractivity contribution >= 4 is 29.5 Å². The van der Waals surface area contributed by atoms with Crippen molar-refractivity contribution in [1.82, 2.24) is 0 Å². The Kier molecular flexibility index (Phi) is 3.90. The molecule has 2 rings (SSSR count). The van der Waals surface area contributed by atoms with Crippen LogP contribution in [0, 0.1) is 5.82 Å². The third-order valence-electron chi connectivity index (χ3n) is 2.52. The van der Waals surface area contributed by atoms with E-state index in [0.29, 0.717) is 16.2 Å². The van der Waals surface area contributed by atoms with Gasteiger partial charge in [-0.15, -0.1) is 0 Å². The zero-order valence-electron chi connectivity index (χ0n) is 9.44. The van der Waals surface area contributed by atoms with Gasteiger partial charge in [-0.1, -0.05) is 41.9 Å². The van der Waals surface area contributed by atoms with E-state index in [9.17, 15) is 9.18 Å². The van der Waals surface area contributed by atoms with Crippen LogP contribution in [0.5, 0.6) is 0 Å². The number of rotatable bonds is 3. The lowest BCUT2D eigenvalue weighted by atomic mass is 10.0. The number of halogens is 2. The van der Waals surface area contributed by atoms with E-state index in [0.717, 1.165) is 11.8 Å². The van der Waals surface area contributed by atoms with Gasteiger partial charge in [0.05, 0.1) is 0 Å². The Morgan fingerprint density at radius 2 is 1.72 bits per heavy atom. The lowest BCUT2D eigenvalue weighted by molar-refractivity contribution is -0.103. The Balaban J connectivity index is 2.43. The van der Waals surface area contributed by atoms with E-state index in [4.69, 9.17) is 11.6 Å². The monoisotopic (exact) mass is 260 g/mol. The molecule has 0 unspecified atom stereocenters. The number of benzene rings is 2. The average molecular weight is 261 g/mol. The minimum Gasteiger partial charge on any atom is -0.298 e. The minimum absolute atomic E-state index is 0.332. The van der Waals surface area contributed by atoms with Crippen molar-refractivity contribution in [2.24, 2.45) is 0 Å². The molecule has 2 aromatic carbocycles. The highest BCUT2D eigenvalue weighted by molar-refractivity contribution is 6.32. The van der Waals surface area contributed by atoms with E-state index < -0.39 is 0 Å². The Labute approximate surface area is 110 Å². The van der Waals surface area contributed by atoms with Crippen molar-refractivity contribution in [3.63, 3.8) is 0 Å². The summed E-state index contributed by atoms with van der Waals surface area (Å²) in [6.07, 6.45) is 2.42. The highest BCUT2D eigenvalue weighted by Crippen LogP contribution is 2.22. The third-order valence-corrected chi connectivity index (χ3v) is 2.86. The van der Waals surface area contributed by atoms with Crippen molar-refractivity contribution in [2.45, 2.75) is 0 Å². The molecule has 0 aliphatic heterocycles. The van der Waals surface area contributed by atoms with Crippen LogP contribution in [0.15, 0.2) is 48.5 Å². The first kappa shape index (κ1) is 12.5. The Morgan fingerprint density at radius 3 is 2.33 bits per heavy atom. The van der Waals surface area contributed by atoms with Crippen LogP contribution in [0.3, 0.4) is 0 Å². The second-order valence-corrected chi connectivity index (χ2v) is 4.15. The summed E-state index contributed by atoms with van der Waals surface area (Å²) in [6, 6.07) is 13.0. The maximum atomic E-state index is 12.8. The molecular weight excluding hydrogens is 251 g/mol. The molecule has 18 heavy (non-hydrogen) atoms. The molecule has 0 bridgehead atoms. The molecule has 0 aliphatic carbocycles. The Hall–Kier alpha value is -1.93. The lowest BCUT2D eigenvalue weighted by Gasteiger charge is -2.02. The summed E-state index contributed by atoms with van der Waals surface area (Å²) >= 11 is 6.02. The van der Waals surface area contributed by atoms with Crippen LogP contribution < -0.4 is 0 Å². The maximum Gasteiger partial charge on any atom is 0.150 e. The van der Waals surface area contributed by atoms with Gasteiger partial charge in [-0.25, -0.2) is 4.39 Å². The van der Waals surface area contributed by atoms with Crippen molar-refractivity contribution < 1.29 is 9.18 Å². The normalized spacial score (nSPS) is 11.3. The zero-order valence-corrected chi connectivity index (χ0v) is 10.2. The van der Waals surface area contributed by atoms with Gasteiger partial charge in [0, 0.05) is 10.6 Å². The van der Waals surface area contributed by atoms with Crippen molar-refractivity contribution in [1.29, 1.82) is 0 Å². The summed E-state index contributed by atoms with van der Waals surface area (Å²) in [4.78, 5) is 11.1. The fourth-order valence-corrected chi connectivity index (χ4v) is 1.78. The molecule has 0 aromatic heterocycles. The van der Waals surface area contributed by atoms with E-state index in [-0.39, 0.29) is 5.82 Å². The van der Waals surface area contributed by atoms with E-state index in [1.54, 1.807) is 24.3 Å². The molecule has 0 atom stereocenters. The largest absolute Gasteiger partial charge is 0.298 e. The van der Waals surface area contributed by atoms with Crippen LogP contribution in [0.2, 0.25) is 5.02 Å². The van der Waals surface area contributed by atoms with Crippen LogP contribution in [0.4, 0.5) is 4.39 Å². The standard InChI is InChI=1S/C15H10ClFO/c16-15-4-2-1-3-12(15)9-13(10-18)11-5-7-14(17)8-6-11/h1-10H/b13-9+. The summed E-state index contributed by atoms with van der Waals surface area (Å²) in [5, 5.41) is 0.568. The predicted molar refractivity (Wildman–Crippen MR) is 71.8 cm³/mol. The van der Waals surface area contributed by atoms with Crippen LogP contribution in [0.25, 0.3) is 11.6 Å². The molecule has 0 N–H and O–H groups in total. The number of hydrogen-bond donors (Lipinski definition) is 0. The van der Waals surface area contributed by atoms with E-state index in [2.05, 4.69) is 0 Å². The number of aldehydes is 1. The van der Waals surface area contributed by atoms with Gasteiger partial charge in [0.2, 0.25) is 0 Å². The molecule has 0 spiro atoms. The molecule has 0 saturated carbocycles. The van der Waals surface area contributed by atoms with Gasteiger partial charge in [-0.05, 0) is 35.4 Å². The molecule has 0 radical (unpaired) electrons. The van der Waals surface area contributed by atoms with Crippen molar-refractivity contribution in [2.75, 3.05) is 0 Å². The summed E-state index contributed by atoms with van der Waals surface area (Å²) in [5.74, 6) is -0.332. The summed E-state index contributed by atoms with van der Waals surface area (Å²) < 4.78 is 12.8. The Bertz CT molecular complexity index is 588. The molecular formula is C15H10ClFO. The lowest BCUT2D eigenvalue weighted by Crippen LogP contribution is -1.87. The van der Waals surface area contributed by atoms with Crippen LogP contribution in [0.1, 0.15) is 11.1 Å². The van der Waals surface area contributed by atoms with Gasteiger partial charge in [0.1, 0.15) is 5.82 Å². The van der Waals surface area contributed by atoms with Crippen LogP contribution in [-0.2, 0) is 4.79 Å². The van der Waals surface area contributed by atoms with E-state index in [1.165, 1.54) is 12.1 Å². The smallest absolute Gasteiger partial charge is 0.150 e. The molecule has 0 aliphatic rings. The van der Waals surface area contributed by atoms with Crippen LogP contribution in [-0.4, -0.2) is 6.29 Å².